The zero-order valence-electron chi connectivity index (χ0n) is 15.0. The Morgan fingerprint density at radius 3 is 2.64 bits per heavy atom. The Kier molecular flexibility index (Phi) is 5.16. The van der Waals surface area contributed by atoms with Crippen molar-refractivity contribution in [3.05, 3.63) is 52.1 Å². The number of imidazole rings is 1. The number of nitrogens with one attached hydrogen (secondary N) is 1. The molecule has 0 aliphatic rings. The van der Waals surface area contributed by atoms with Crippen molar-refractivity contribution in [2.24, 2.45) is 0 Å². The summed E-state index contributed by atoms with van der Waals surface area (Å²) in [6, 6.07) is 10.2. The molecule has 2 heterocycles. The van der Waals surface area contributed by atoms with Crippen molar-refractivity contribution in [2.75, 3.05) is 6.61 Å². The van der Waals surface area contributed by atoms with Crippen molar-refractivity contribution in [1.82, 2.24) is 19.5 Å². The van der Waals surface area contributed by atoms with E-state index in [9.17, 15) is 4.79 Å². The van der Waals surface area contributed by atoms with Crippen LogP contribution in [0, 0.1) is 0 Å². The molecule has 0 aliphatic carbocycles. The van der Waals surface area contributed by atoms with Crippen LogP contribution >= 0.6 is 0 Å². The summed E-state index contributed by atoms with van der Waals surface area (Å²) in [7, 11) is 0. The molecule has 0 fully saturated rings. The second kappa shape index (κ2) is 7.51. The van der Waals surface area contributed by atoms with E-state index in [0.717, 1.165) is 24.1 Å². The van der Waals surface area contributed by atoms with Gasteiger partial charge in [0.05, 0.1) is 18.8 Å². The first-order chi connectivity index (χ1) is 12.1. The zero-order chi connectivity index (χ0) is 17.8. The van der Waals surface area contributed by atoms with Gasteiger partial charge in [-0.25, -0.2) is 4.79 Å². The third kappa shape index (κ3) is 3.73. The van der Waals surface area contributed by atoms with Crippen LogP contribution in [0.25, 0.3) is 11.2 Å². The topological polar surface area (TPSA) is 72.8 Å². The normalized spacial score (nSPS) is 11.4. The maximum Gasteiger partial charge on any atom is 0.328 e. The van der Waals surface area contributed by atoms with Gasteiger partial charge >= 0.3 is 11.7 Å². The van der Waals surface area contributed by atoms with E-state index in [-0.39, 0.29) is 11.6 Å². The molecule has 0 saturated heterocycles. The molecule has 3 rings (SSSR count). The zero-order valence-corrected chi connectivity index (χ0v) is 15.0. The lowest BCUT2D eigenvalue weighted by Crippen LogP contribution is -2.17. The van der Waals surface area contributed by atoms with Crippen LogP contribution in [0.5, 0.6) is 6.01 Å². The Morgan fingerprint density at radius 2 is 1.96 bits per heavy atom. The van der Waals surface area contributed by atoms with Crippen LogP contribution in [-0.2, 0) is 6.54 Å². The first-order valence-corrected chi connectivity index (χ1v) is 8.77. The van der Waals surface area contributed by atoms with E-state index < -0.39 is 0 Å². The van der Waals surface area contributed by atoms with E-state index in [4.69, 9.17) is 4.74 Å². The van der Waals surface area contributed by atoms with E-state index in [2.05, 4.69) is 21.9 Å². The van der Waals surface area contributed by atoms with E-state index in [1.807, 2.05) is 44.2 Å². The number of fused-ring (bicyclic) bond motifs is 1. The van der Waals surface area contributed by atoms with Crippen LogP contribution in [0.4, 0.5) is 0 Å². The molecule has 0 spiro atoms. The van der Waals surface area contributed by atoms with Gasteiger partial charge in [-0.2, -0.15) is 9.97 Å². The molecular weight excluding hydrogens is 316 g/mol. The number of ether oxygens (including phenoxy) is 1. The van der Waals surface area contributed by atoms with Gasteiger partial charge < -0.3 is 9.72 Å². The second-order valence-corrected chi connectivity index (χ2v) is 6.45. The molecule has 0 aliphatic heterocycles. The molecule has 132 valence electrons. The number of unbranched alkanes of at least 4 members (excludes halogenated alkanes) is 1. The number of rotatable bonds is 7. The summed E-state index contributed by atoms with van der Waals surface area (Å²) < 4.78 is 7.35. The largest absolute Gasteiger partial charge is 0.463 e. The number of hydrogen-bond donors (Lipinski definition) is 1. The average Bonchev–Trinajstić information content (AvgIpc) is 2.91. The Labute approximate surface area is 146 Å². The predicted molar refractivity (Wildman–Crippen MR) is 98.2 cm³/mol. The highest BCUT2D eigenvalue weighted by atomic mass is 16.5. The first kappa shape index (κ1) is 17.2. The third-order valence-electron chi connectivity index (χ3n) is 4.09. The minimum Gasteiger partial charge on any atom is -0.463 e. The number of hydrogen-bond acceptors (Lipinski definition) is 4. The van der Waals surface area contributed by atoms with Crippen molar-refractivity contribution in [1.29, 1.82) is 0 Å². The Hall–Kier alpha value is -2.63. The summed E-state index contributed by atoms with van der Waals surface area (Å²) in [5, 5.41) is 0. The van der Waals surface area contributed by atoms with Crippen molar-refractivity contribution >= 4 is 11.2 Å². The number of aromatic amines is 1. The Balaban J connectivity index is 2.07. The van der Waals surface area contributed by atoms with Crippen LogP contribution in [0.1, 0.15) is 50.8 Å². The van der Waals surface area contributed by atoms with E-state index in [0.29, 0.717) is 30.3 Å². The fourth-order valence-electron chi connectivity index (χ4n) is 2.73. The molecule has 0 radical (unpaired) electrons. The molecule has 0 saturated carbocycles. The lowest BCUT2D eigenvalue weighted by molar-refractivity contribution is 0.285. The van der Waals surface area contributed by atoms with Gasteiger partial charge in [-0.1, -0.05) is 57.5 Å². The van der Waals surface area contributed by atoms with E-state index >= 15 is 0 Å². The molecule has 25 heavy (non-hydrogen) atoms. The van der Waals surface area contributed by atoms with E-state index in [1.165, 1.54) is 0 Å². The van der Waals surface area contributed by atoms with Gasteiger partial charge in [0.25, 0.3) is 0 Å². The number of benzene rings is 1. The lowest BCUT2D eigenvalue weighted by Gasteiger charge is -2.10. The molecular formula is C19H24N4O2. The summed E-state index contributed by atoms with van der Waals surface area (Å²) in [6.07, 6.45) is 1.99. The smallest absolute Gasteiger partial charge is 0.328 e. The van der Waals surface area contributed by atoms with E-state index in [1.54, 1.807) is 4.57 Å². The van der Waals surface area contributed by atoms with Crippen molar-refractivity contribution in [3.8, 4) is 6.01 Å². The molecule has 1 aromatic carbocycles. The summed E-state index contributed by atoms with van der Waals surface area (Å²) in [4.78, 5) is 24.4. The molecule has 0 bridgehead atoms. The minimum absolute atomic E-state index is 0.155. The van der Waals surface area contributed by atoms with Gasteiger partial charge in [0.1, 0.15) is 5.52 Å². The highest BCUT2D eigenvalue weighted by Crippen LogP contribution is 2.23. The highest BCUT2D eigenvalue weighted by molar-refractivity contribution is 5.74. The van der Waals surface area contributed by atoms with Crippen molar-refractivity contribution < 1.29 is 4.74 Å². The summed E-state index contributed by atoms with van der Waals surface area (Å²) in [5.41, 5.74) is 2.96. The van der Waals surface area contributed by atoms with Crippen LogP contribution in [0.15, 0.2) is 35.1 Å². The predicted octanol–water partition coefficient (Wildman–Crippen LogP) is 3.47. The fourth-order valence-corrected chi connectivity index (χ4v) is 2.73. The number of nitrogens with zero attached hydrogens (tertiary/aromatic N) is 3. The quantitative estimate of drug-likeness (QED) is 0.668. The molecule has 2 aromatic heterocycles. The monoisotopic (exact) mass is 340 g/mol. The molecule has 6 nitrogen and oxygen atoms in total. The molecule has 0 unspecified atom stereocenters. The molecule has 3 aromatic rings. The van der Waals surface area contributed by atoms with Gasteiger partial charge in [0.2, 0.25) is 0 Å². The van der Waals surface area contributed by atoms with Gasteiger partial charge in [-0.05, 0) is 17.9 Å². The Bertz CT molecular complexity index is 897. The van der Waals surface area contributed by atoms with Crippen LogP contribution < -0.4 is 10.4 Å². The second-order valence-electron chi connectivity index (χ2n) is 6.45. The minimum atomic E-state index is -0.180. The fraction of sp³-hybridized carbons (Fsp3) is 0.421. The maximum absolute atomic E-state index is 12.5. The SMILES string of the molecule is CCCCOc1nc(C(C)C)c2[nH]c(=O)n(Cc3ccccc3)c2n1. The van der Waals surface area contributed by atoms with Crippen LogP contribution in [-0.4, -0.2) is 26.1 Å². The van der Waals surface area contributed by atoms with Gasteiger partial charge in [-0.3, -0.25) is 4.57 Å². The number of H-pyrrole nitrogens is 1. The molecule has 0 amide bonds. The Morgan fingerprint density at radius 1 is 1.20 bits per heavy atom. The van der Waals surface area contributed by atoms with Crippen LogP contribution in [0.3, 0.4) is 0 Å². The molecule has 6 heteroatoms. The standard InChI is InChI=1S/C19H24N4O2/c1-4-5-11-25-18-20-15(13(2)3)16-17(22-18)23(19(24)21-16)12-14-9-7-6-8-10-14/h6-10,13H,4-5,11-12H2,1-3H3,(H,21,24). The summed E-state index contributed by atoms with van der Waals surface area (Å²) >= 11 is 0. The third-order valence-corrected chi connectivity index (χ3v) is 4.09. The van der Waals surface area contributed by atoms with Gasteiger partial charge in [0, 0.05) is 0 Å². The first-order valence-electron chi connectivity index (χ1n) is 8.77. The lowest BCUT2D eigenvalue weighted by atomic mass is 10.1. The molecule has 0 atom stereocenters. The van der Waals surface area contributed by atoms with Crippen molar-refractivity contribution in [3.63, 3.8) is 0 Å². The number of aromatic nitrogens is 4. The van der Waals surface area contributed by atoms with Crippen LogP contribution in [0.2, 0.25) is 0 Å². The van der Waals surface area contributed by atoms with Gasteiger partial charge in [0.15, 0.2) is 5.65 Å². The summed E-state index contributed by atoms with van der Waals surface area (Å²) in [5.74, 6) is 0.155. The maximum atomic E-state index is 12.5. The molecule has 1 N–H and O–H groups in total. The van der Waals surface area contributed by atoms with Crippen molar-refractivity contribution in [2.45, 2.75) is 46.1 Å². The average molecular weight is 340 g/mol. The highest BCUT2D eigenvalue weighted by Gasteiger charge is 2.18. The summed E-state index contributed by atoms with van der Waals surface area (Å²) in [6.45, 7) is 7.24. The van der Waals surface area contributed by atoms with Gasteiger partial charge in [-0.15, -0.1) is 0 Å².